The first-order valence-corrected chi connectivity index (χ1v) is 28.9. The molecule has 0 radical (unpaired) electrons. The van der Waals surface area contributed by atoms with Crippen LogP contribution in [0.15, 0.2) is 134 Å². The lowest BCUT2D eigenvalue weighted by molar-refractivity contribution is -0.359. The molecule has 2 aliphatic heterocycles. The van der Waals surface area contributed by atoms with E-state index in [-0.39, 0.29) is 18.9 Å². The summed E-state index contributed by atoms with van der Waals surface area (Å²) in [6.45, 7) is 2.47. The smallest absolute Gasteiger partial charge is 0.220 e. The lowest BCUT2D eigenvalue weighted by Gasteiger charge is -2.46. The minimum atomic E-state index is -1.79. The highest BCUT2D eigenvalue weighted by Gasteiger charge is 2.51. The summed E-state index contributed by atoms with van der Waals surface area (Å²) in [6.07, 6.45) is 53.2. The maximum absolute atomic E-state index is 13.1. The highest BCUT2D eigenvalue weighted by atomic mass is 16.7. The van der Waals surface area contributed by atoms with Gasteiger partial charge in [0, 0.05) is 6.42 Å². The molecule has 2 heterocycles. The number of ether oxygens (including phenoxy) is 4. The van der Waals surface area contributed by atoms with Gasteiger partial charge in [0.25, 0.3) is 0 Å². The van der Waals surface area contributed by atoms with Crippen molar-refractivity contribution >= 4 is 5.91 Å². The van der Waals surface area contributed by atoms with E-state index in [1.807, 2.05) is 6.08 Å². The number of aliphatic hydroxyl groups is 8. The van der Waals surface area contributed by atoms with Crippen molar-refractivity contribution in [1.82, 2.24) is 5.32 Å². The lowest BCUT2D eigenvalue weighted by atomic mass is 9.97. The molecule has 14 heteroatoms. The van der Waals surface area contributed by atoms with E-state index in [2.05, 4.69) is 141 Å². The number of nitrogens with one attached hydrogen (secondary N) is 1. The fourth-order valence-electron chi connectivity index (χ4n) is 8.42. The van der Waals surface area contributed by atoms with Crippen molar-refractivity contribution in [2.24, 2.45) is 0 Å². The Kier molecular flexibility index (Phi) is 42.2. The van der Waals surface area contributed by atoms with Crippen molar-refractivity contribution in [3.8, 4) is 0 Å². The highest BCUT2D eigenvalue weighted by molar-refractivity contribution is 5.76. The van der Waals surface area contributed by atoms with Crippen LogP contribution in [-0.4, -0.2) is 140 Å². The molecule has 2 rings (SSSR count). The van der Waals surface area contributed by atoms with Crippen molar-refractivity contribution in [3.05, 3.63) is 134 Å². The molecule has 77 heavy (non-hydrogen) atoms. The van der Waals surface area contributed by atoms with Gasteiger partial charge >= 0.3 is 0 Å². The Hall–Kier alpha value is -3.87. The zero-order chi connectivity index (χ0) is 56.0. The molecule has 2 saturated heterocycles. The van der Waals surface area contributed by atoms with Crippen molar-refractivity contribution < 1.29 is 64.6 Å². The van der Waals surface area contributed by atoms with E-state index in [0.717, 1.165) is 116 Å². The molecule has 436 valence electrons. The number of allylic oxidation sites excluding steroid dienone is 21. The van der Waals surface area contributed by atoms with Crippen LogP contribution < -0.4 is 5.32 Å². The fourth-order valence-corrected chi connectivity index (χ4v) is 8.42. The van der Waals surface area contributed by atoms with E-state index in [1.54, 1.807) is 6.08 Å². The van der Waals surface area contributed by atoms with Gasteiger partial charge in [0.15, 0.2) is 12.6 Å². The molecule has 0 aromatic rings. The quantitative estimate of drug-likeness (QED) is 0.0205. The number of hydrogen-bond donors (Lipinski definition) is 9. The third-order valence-corrected chi connectivity index (χ3v) is 13.1. The van der Waals surface area contributed by atoms with Gasteiger partial charge in [-0.2, -0.15) is 0 Å². The van der Waals surface area contributed by atoms with E-state index in [9.17, 15) is 45.6 Å². The number of unbranched alkanes of at least 4 members (excludes halogenated alkanes) is 10. The monoisotopic (exact) mass is 1080 g/mol. The van der Waals surface area contributed by atoms with Crippen LogP contribution in [0.5, 0.6) is 0 Å². The van der Waals surface area contributed by atoms with Crippen molar-refractivity contribution in [2.45, 2.75) is 235 Å². The zero-order valence-corrected chi connectivity index (χ0v) is 46.6. The van der Waals surface area contributed by atoms with Crippen LogP contribution in [-0.2, 0) is 23.7 Å². The molecule has 1 amide bonds. The molecular weight excluding hydrogens is 979 g/mol. The van der Waals surface area contributed by atoms with Crippen LogP contribution in [0.2, 0.25) is 0 Å². The minimum Gasteiger partial charge on any atom is -0.394 e. The number of amides is 1. The van der Waals surface area contributed by atoms with Gasteiger partial charge in [-0.15, -0.1) is 0 Å². The Morgan fingerprint density at radius 3 is 1.36 bits per heavy atom. The summed E-state index contributed by atoms with van der Waals surface area (Å²) in [7, 11) is 0. The van der Waals surface area contributed by atoms with Crippen LogP contribution in [0.4, 0.5) is 0 Å². The summed E-state index contributed by atoms with van der Waals surface area (Å²) in [5.41, 5.74) is 0. The molecule has 0 saturated carbocycles. The number of carbonyl (C=O) groups excluding carboxylic acids is 1. The topological polar surface area (TPSA) is 228 Å². The second-order valence-electron chi connectivity index (χ2n) is 19.7. The summed E-state index contributed by atoms with van der Waals surface area (Å²) < 4.78 is 22.5. The van der Waals surface area contributed by atoms with Crippen LogP contribution >= 0.6 is 0 Å². The average Bonchev–Trinajstić information content (AvgIpc) is 3.43. The molecule has 9 N–H and O–H groups in total. The molecule has 12 unspecified atom stereocenters. The van der Waals surface area contributed by atoms with Crippen molar-refractivity contribution in [2.75, 3.05) is 19.8 Å². The van der Waals surface area contributed by atoms with Gasteiger partial charge in [-0.05, 0) is 89.9 Å². The number of carbonyl (C=O) groups is 1. The SMILES string of the molecule is CC/C=C\C/C=C\C/C=C\C/C=C\C/C=C\C/C=C\C/C=C\C/C=C\C/C=C\C/C=C\CCCCCCCCCCC(=O)NC(COC1OC(CO)C(OC2OC(CO)C(O)C(O)C2O)C(O)C1O)C(O)/C=C/CCCC. The van der Waals surface area contributed by atoms with Crippen LogP contribution in [0, 0.1) is 0 Å². The van der Waals surface area contributed by atoms with Gasteiger partial charge in [-0.1, -0.05) is 199 Å². The second kappa shape index (κ2) is 47.0. The normalized spacial score (nSPS) is 25.7. The van der Waals surface area contributed by atoms with E-state index in [4.69, 9.17) is 18.9 Å². The molecule has 14 nitrogen and oxygen atoms in total. The summed E-state index contributed by atoms with van der Waals surface area (Å²) in [5.74, 6) is -0.265. The zero-order valence-electron chi connectivity index (χ0n) is 46.6. The molecule has 12 atom stereocenters. The molecule has 0 aliphatic carbocycles. The Bertz CT molecular complexity index is 1800. The first-order chi connectivity index (χ1) is 37.6. The summed E-state index contributed by atoms with van der Waals surface area (Å²) in [4.78, 5) is 13.1. The van der Waals surface area contributed by atoms with E-state index in [1.165, 1.54) is 19.3 Å². The Morgan fingerprint density at radius 1 is 0.481 bits per heavy atom. The average molecular weight is 1080 g/mol. The summed E-state index contributed by atoms with van der Waals surface area (Å²) in [6, 6.07) is -0.924. The van der Waals surface area contributed by atoms with Gasteiger partial charge in [-0.25, -0.2) is 0 Å². The molecule has 2 aliphatic rings. The van der Waals surface area contributed by atoms with Crippen LogP contribution in [0.1, 0.15) is 162 Å². The Labute approximate surface area is 462 Å². The maximum Gasteiger partial charge on any atom is 0.220 e. The summed E-state index contributed by atoms with van der Waals surface area (Å²) >= 11 is 0. The van der Waals surface area contributed by atoms with Crippen LogP contribution in [0.3, 0.4) is 0 Å². The van der Waals surface area contributed by atoms with E-state index >= 15 is 0 Å². The molecule has 0 spiro atoms. The van der Waals surface area contributed by atoms with Gasteiger partial charge in [0.1, 0.15) is 48.8 Å². The Balaban J connectivity index is 1.54. The first kappa shape index (κ1) is 69.2. The van der Waals surface area contributed by atoms with E-state index < -0.39 is 86.8 Å². The molecule has 0 aromatic carbocycles. The number of rotatable bonds is 43. The Morgan fingerprint density at radius 2 is 0.896 bits per heavy atom. The third-order valence-electron chi connectivity index (χ3n) is 13.1. The van der Waals surface area contributed by atoms with Gasteiger partial charge in [0.2, 0.25) is 5.91 Å². The molecular formula is C63H101NO13. The first-order valence-electron chi connectivity index (χ1n) is 28.9. The third kappa shape index (κ3) is 32.7. The lowest BCUT2D eigenvalue weighted by Crippen LogP contribution is -2.65. The summed E-state index contributed by atoms with van der Waals surface area (Å²) in [5, 5.41) is 86.2. The van der Waals surface area contributed by atoms with Gasteiger partial charge < -0.3 is 65.1 Å². The largest absolute Gasteiger partial charge is 0.394 e. The minimum absolute atomic E-state index is 0.260. The fraction of sp³-hybridized carbons (Fsp3) is 0.635. The maximum atomic E-state index is 13.1. The van der Waals surface area contributed by atoms with Crippen molar-refractivity contribution in [3.63, 3.8) is 0 Å². The number of aliphatic hydroxyl groups excluding tert-OH is 8. The molecule has 0 bridgehead atoms. The second-order valence-corrected chi connectivity index (χ2v) is 19.7. The number of hydrogen-bond acceptors (Lipinski definition) is 13. The standard InChI is InChI=1S/C63H101NO13/c1-3-5-7-9-10-11-12-13-14-15-16-17-18-19-20-21-22-23-24-25-26-27-28-29-30-31-32-33-34-35-36-37-38-39-40-41-42-43-45-47-55(68)64-51(52(67)46-44-8-6-4-2)50-74-62-60(73)58(71)61(54(49-66)76-62)77-63-59(72)57(70)56(69)53(48-65)75-63/h5,7,10-11,13-14,16-17,19-20,22-23,25-26,28-29,31-32,34-35,44,46,51-54,56-63,65-67,69-73H,3-4,6,8-9,12,15,18,21,24,27,30,33,36-43,45,47-50H2,1-2H3,(H,64,68)/b7-5-,11-10-,14-13-,17-16-,20-19-,23-22-,26-25-,29-28-,32-31-,35-34-,46-44+. The molecule has 2 fully saturated rings. The van der Waals surface area contributed by atoms with Gasteiger partial charge in [0.05, 0.1) is 32.0 Å². The van der Waals surface area contributed by atoms with Gasteiger partial charge in [-0.3, -0.25) is 4.79 Å². The highest BCUT2D eigenvalue weighted by Crippen LogP contribution is 2.30. The predicted molar refractivity (Wildman–Crippen MR) is 308 cm³/mol. The molecule has 0 aromatic heterocycles. The van der Waals surface area contributed by atoms with Crippen molar-refractivity contribution in [1.29, 1.82) is 0 Å². The van der Waals surface area contributed by atoms with E-state index in [0.29, 0.717) is 6.42 Å². The predicted octanol–water partition coefficient (Wildman–Crippen LogP) is 9.60. The van der Waals surface area contributed by atoms with Crippen LogP contribution in [0.25, 0.3) is 0 Å².